The highest BCUT2D eigenvalue weighted by Gasteiger charge is 2.38. The SMILES string of the molecule is Cc1ccc(CN2CCn3cc(CN(C)C)nc3C2)s1.O=C(O)C(F)(F)F.O=C(O)C(F)(F)F. The molecule has 34 heavy (non-hydrogen) atoms. The van der Waals surface area contributed by atoms with Crippen LogP contribution in [0.3, 0.4) is 0 Å². The summed E-state index contributed by atoms with van der Waals surface area (Å²) in [5.41, 5.74) is 1.18. The minimum absolute atomic E-state index is 0.921. The predicted octanol–water partition coefficient (Wildman–Crippen LogP) is 3.60. The van der Waals surface area contributed by atoms with Crippen molar-refractivity contribution in [1.82, 2.24) is 19.4 Å². The summed E-state index contributed by atoms with van der Waals surface area (Å²) in [7, 11) is 4.17. The quantitative estimate of drug-likeness (QED) is 0.597. The maximum Gasteiger partial charge on any atom is 0.490 e. The summed E-state index contributed by atoms with van der Waals surface area (Å²) in [6, 6.07) is 4.46. The van der Waals surface area contributed by atoms with Gasteiger partial charge in [0.25, 0.3) is 0 Å². The molecule has 0 saturated heterocycles. The van der Waals surface area contributed by atoms with Gasteiger partial charge in [-0.05, 0) is 33.2 Å². The second kappa shape index (κ2) is 12.2. The molecule has 0 aromatic carbocycles. The molecule has 2 aromatic rings. The second-order valence-electron chi connectivity index (χ2n) is 7.41. The van der Waals surface area contributed by atoms with Gasteiger partial charge in [0.2, 0.25) is 0 Å². The number of nitrogens with zero attached hydrogens (tertiary/aromatic N) is 4. The van der Waals surface area contributed by atoms with Gasteiger partial charge in [0, 0.05) is 42.1 Å². The van der Waals surface area contributed by atoms with E-state index >= 15 is 0 Å². The third-order valence-electron chi connectivity index (χ3n) is 4.07. The van der Waals surface area contributed by atoms with Gasteiger partial charge in [0.05, 0.1) is 12.2 Å². The summed E-state index contributed by atoms with van der Waals surface area (Å²) in [4.78, 5) is 30.1. The van der Waals surface area contributed by atoms with Crippen LogP contribution in [-0.4, -0.2) is 74.5 Å². The van der Waals surface area contributed by atoms with Gasteiger partial charge in [-0.25, -0.2) is 14.6 Å². The average Bonchev–Trinajstić information content (AvgIpc) is 3.25. The highest BCUT2D eigenvalue weighted by Crippen LogP contribution is 2.20. The van der Waals surface area contributed by atoms with E-state index in [1.807, 2.05) is 11.3 Å². The molecule has 0 saturated carbocycles. The van der Waals surface area contributed by atoms with Crippen LogP contribution in [0, 0.1) is 6.92 Å². The van der Waals surface area contributed by atoms with Gasteiger partial charge >= 0.3 is 24.3 Å². The highest BCUT2D eigenvalue weighted by molar-refractivity contribution is 7.11. The van der Waals surface area contributed by atoms with Crippen LogP contribution in [-0.2, 0) is 35.8 Å². The first-order chi connectivity index (χ1) is 15.5. The number of carboxylic acid groups (broad SMARTS) is 2. The lowest BCUT2D eigenvalue weighted by atomic mass is 10.3. The Morgan fingerprint density at radius 2 is 1.59 bits per heavy atom. The monoisotopic (exact) mass is 518 g/mol. The summed E-state index contributed by atoms with van der Waals surface area (Å²) in [6.45, 7) is 7.27. The summed E-state index contributed by atoms with van der Waals surface area (Å²) in [5.74, 6) is -4.30. The standard InChI is InChI=1S/C15H22N4S.2C2HF3O2/c1-12-4-5-14(20-12)10-18-6-7-19-9-13(8-17(2)3)16-15(19)11-18;2*3-2(4,5)1(6)7/h4-5,9H,6-8,10-11H2,1-3H3;2*(H,6,7). The molecule has 3 heterocycles. The Bertz CT molecular complexity index is 931. The number of aliphatic carboxylic acids is 2. The number of alkyl halides is 6. The topological polar surface area (TPSA) is 98.9 Å². The first-order valence-electron chi connectivity index (χ1n) is 9.56. The van der Waals surface area contributed by atoms with Gasteiger partial charge in [0.15, 0.2) is 0 Å². The van der Waals surface area contributed by atoms with E-state index in [2.05, 4.69) is 53.7 Å². The number of aromatic nitrogens is 2. The molecule has 0 amide bonds. The fourth-order valence-corrected chi connectivity index (χ4v) is 3.62. The molecule has 0 spiro atoms. The minimum atomic E-state index is -5.08. The van der Waals surface area contributed by atoms with Crippen LogP contribution >= 0.6 is 11.3 Å². The Hall–Kier alpha value is -2.65. The van der Waals surface area contributed by atoms with Crippen LogP contribution in [0.4, 0.5) is 26.3 Å². The van der Waals surface area contributed by atoms with Crippen LogP contribution in [0.15, 0.2) is 18.3 Å². The molecule has 3 rings (SSSR count). The Labute approximate surface area is 195 Å². The number of halogens is 6. The van der Waals surface area contributed by atoms with Gasteiger partial charge in [-0.1, -0.05) is 0 Å². The fourth-order valence-electron chi connectivity index (χ4n) is 2.69. The number of aryl methyl sites for hydroxylation is 1. The van der Waals surface area contributed by atoms with Crippen molar-refractivity contribution in [3.05, 3.63) is 39.6 Å². The molecule has 1 aliphatic rings. The Balaban J connectivity index is 0.000000343. The summed E-state index contributed by atoms with van der Waals surface area (Å²) >= 11 is 1.90. The van der Waals surface area contributed by atoms with Crippen molar-refractivity contribution in [2.75, 3.05) is 20.6 Å². The van der Waals surface area contributed by atoms with Crippen molar-refractivity contribution >= 4 is 23.3 Å². The van der Waals surface area contributed by atoms with Crippen molar-refractivity contribution < 1.29 is 46.1 Å². The van der Waals surface area contributed by atoms with E-state index in [9.17, 15) is 26.3 Å². The lowest BCUT2D eigenvalue weighted by Gasteiger charge is -2.26. The third-order valence-corrected chi connectivity index (χ3v) is 5.06. The summed E-state index contributed by atoms with van der Waals surface area (Å²) in [6.07, 6.45) is -7.96. The summed E-state index contributed by atoms with van der Waals surface area (Å²) in [5, 5.41) is 14.2. The van der Waals surface area contributed by atoms with E-state index in [0.29, 0.717) is 0 Å². The molecule has 0 radical (unpaired) electrons. The van der Waals surface area contributed by atoms with Crippen molar-refractivity contribution in [2.45, 2.75) is 45.5 Å². The molecule has 0 atom stereocenters. The lowest BCUT2D eigenvalue weighted by Crippen LogP contribution is -2.32. The number of thiophene rings is 1. The average molecular weight is 518 g/mol. The van der Waals surface area contributed by atoms with Crippen molar-refractivity contribution in [3.8, 4) is 0 Å². The maximum atomic E-state index is 10.6. The molecule has 0 unspecified atom stereocenters. The largest absolute Gasteiger partial charge is 0.490 e. The molecule has 1 aliphatic heterocycles. The first kappa shape index (κ1) is 29.4. The Kier molecular flexibility index (Phi) is 10.5. The predicted molar refractivity (Wildman–Crippen MR) is 110 cm³/mol. The highest BCUT2D eigenvalue weighted by atomic mass is 32.1. The van der Waals surface area contributed by atoms with Crippen LogP contribution in [0.1, 0.15) is 21.3 Å². The van der Waals surface area contributed by atoms with Crippen LogP contribution in [0.5, 0.6) is 0 Å². The van der Waals surface area contributed by atoms with Crippen molar-refractivity contribution in [1.29, 1.82) is 0 Å². The summed E-state index contributed by atoms with van der Waals surface area (Å²) < 4.78 is 65.8. The molecule has 2 N–H and O–H groups in total. The van der Waals surface area contributed by atoms with E-state index in [4.69, 9.17) is 24.8 Å². The molecule has 0 aliphatic carbocycles. The first-order valence-corrected chi connectivity index (χ1v) is 10.4. The number of carbonyl (C=O) groups is 2. The molecular formula is C19H24F6N4O4S. The van der Waals surface area contributed by atoms with E-state index < -0.39 is 24.3 Å². The van der Waals surface area contributed by atoms with Crippen molar-refractivity contribution in [3.63, 3.8) is 0 Å². The van der Waals surface area contributed by atoms with Crippen molar-refractivity contribution in [2.24, 2.45) is 0 Å². The van der Waals surface area contributed by atoms with Gasteiger partial charge < -0.3 is 19.7 Å². The molecular weight excluding hydrogens is 494 g/mol. The molecule has 15 heteroatoms. The normalized spacial score (nSPS) is 13.9. The van der Waals surface area contributed by atoms with Gasteiger partial charge in [0.1, 0.15) is 5.82 Å². The third kappa shape index (κ3) is 10.5. The smallest absolute Gasteiger partial charge is 0.475 e. The molecule has 2 aromatic heterocycles. The number of imidazole rings is 1. The second-order valence-corrected chi connectivity index (χ2v) is 8.78. The number of hydrogen-bond acceptors (Lipinski definition) is 6. The van der Waals surface area contributed by atoms with E-state index in [0.717, 1.165) is 32.7 Å². The zero-order chi connectivity index (χ0) is 26.3. The van der Waals surface area contributed by atoms with E-state index in [1.54, 1.807) is 0 Å². The maximum absolute atomic E-state index is 10.6. The molecule has 8 nitrogen and oxygen atoms in total. The van der Waals surface area contributed by atoms with Gasteiger partial charge in [-0.2, -0.15) is 26.3 Å². The van der Waals surface area contributed by atoms with E-state index in [1.165, 1.54) is 21.3 Å². The number of carboxylic acids is 2. The van der Waals surface area contributed by atoms with Crippen LogP contribution in [0.2, 0.25) is 0 Å². The minimum Gasteiger partial charge on any atom is -0.475 e. The molecule has 0 bridgehead atoms. The van der Waals surface area contributed by atoms with Gasteiger partial charge in [-0.15, -0.1) is 11.3 Å². The zero-order valence-electron chi connectivity index (χ0n) is 18.4. The van der Waals surface area contributed by atoms with E-state index in [-0.39, 0.29) is 0 Å². The molecule has 0 fully saturated rings. The molecule has 192 valence electrons. The fraction of sp³-hybridized carbons (Fsp3) is 0.526. The number of rotatable bonds is 4. The number of hydrogen-bond donors (Lipinski definition) is 2. The Morgan fingerprint density at radius 1 is 1.06 bits per heavy atom. The lowest BCUT2D eigenvalue weighted by molar-refractivity contribution is -0.193. The van der Waals surface area contributed by atoms with Gasteiger partial charge in [-0.3, -0.25) is 4.90 Å². The Morgan fingerprint density at radius 3 is 2.00 bits per heavy atom. The van der Waals surface area contributed by atoms with Crippen LogP contribution < -0.4 is 0 Å². The number of fused-ring (bicyclic) bond motifs is 1. The van der Waals surface area contributed by atoms with Crippen LogP contribution in [0.25, 0.3) is 0 Å². The zero-order valence-corrected chi connectivity index (χ0v) is 19.3.